The summed E-state index contributed by atoms with van der Waals surface area (Å²) in [5, 5.41) is 0. The van der Waals surface area contributed by atoms with Gasteiger partial charge in [0, 0.05) is 25.4 Å². The van der Waals surface area contributed by atoms with Crippen LogP contribution in [-0.2, 0) is 16.3 Å². The van der Waals surface area contributed by atoms with Gasteiger partial charge in [-0.05, 0) is 62.4 Å². The number of aromatic nitrogens is 2. The maximum absolute atomic E-state index is 11.8. The van der Waals surface area contributed by atoms with Gasteiger partial charge in [0.15, 0.2) is 9.84 Å². The molecule has 154 valence electrons. The minimum atomic E-state index is -3.20. The first-order valence-electron chi connectivity index (χ1n) is 10.4. The molecule has 1 aromatic heterocycles. The molecule has 0 amide bonds. The molecule has 4 rings (SSSR count). The van der Waals surface area contributed by atoms with Gasteiger partial charge in [-0.25, -0.2) is 13.4 Å². The average molecular weight is 412 g/mol. The fourth-order valence-corrected chi connectivity index (χ4v) is 4.90. The SMILES string of the molecule is CS(=O)(=O)c1ccc2c(c1)ncn2C1CCN(CCCCc2ccccc2)CC1. The van der Waals surface area contributed by atoms with Gasteiger partial charge in [0.05, 0.1) is 22.3 Å². The Morgan fingerprint density at radius 1 is 1.03 bits per heavy atom. The van der Waals surface area contributed by atoms with Gasteiger partial charge >= 0.3 is 0 Å². The van der Waals surface area contributed by atoms with Crippen LogP contribution in [0.1, 0.15) is 37.3 Å². The Morgan fingerprint density at radius 2 is 1.79 bits per heavy atom. The molecule has 0 bridgehead atoms. The molecule has 1 aliphatic heterocycles. The number of aryl methyl sites for hydroxylation is 1. The lowest BCUT2D eigenvalue weighted by Gasteiger charge is -2.32. The normalized spacial score (nSPS) is 16.4. The van der Waals surface area contributed by atoms with Crippen LogP contribution in [0.15, 0.2) is 59.8 Å². The van der Waals surface area contributed by atoms with Crippen LogP contribution >= 0.6 is 0 Å². The fraction of sp³-hybridized carbons (Fsp3) is 0.435. The molecule has 1 aliphatic rings. The molecule has 0 radical (unpaired) electrons. The summed E-state index contributed by atoms with van der Waals surface area (Å²) in [6.45, 7) is 3.39. The number of imidazole rings is 1. The predicted octanol–water partition coefficient (Wildman–Crippen LogP) is 4.10. The molecule has 0 saturated carbocycles. The highest BCUT2D eigenvalue weighted by atomic mass is 32.2. The molecule has 1 saturated heterocycles. The fourth-order valence-electron chi connectivity index (χ4n) is 4.26. The third kappa shape index (κ3) is 4.87. The summed E-state index contributed by atoms with van der Waals surface area (Å²) in [4.78, 5) is 7.37. The van der Waals surface area contributed by atoms with Crippen molar-refractivity contribution in [2.45, 2.75) is 43.0 Å². The molecule has 0 unspecified atom stereocenters. The summed E-state index contributed by atoms with van der Waals surface area (Å²) in [6.07, 6.45) is 8.96. The van der Waals surface area contributed by atoms with E-state index in [2.05, 4.69) is 44.8 Å². The number of hydrogen-bond donors (Lipinski definition) is 0. The number of unbranched alkanes of at least 4 members (excludes halogenated alkanes) is 1. The summed E-state index contributed by atoms with van der Waals surface area (Å²) in [5.41, 5.74) is 3.22. The summed E-state index contributed by atoms with van der Waals surface area (Å²) in [7, 11) is -3.20. The number of benzene rings is 2. The van der Waals surface area contributed by atoms with E-state index in [-0.39, 0.29) is 0 Å². The van der Waals surface area contributed by atoms with Crippen molar-refractivity contribution in [1.29, 1.82) is 0 Å². The van der Waals surface area contributed by atoms with Crippen molar-refractivity contribution >= 4 is 20.9 Å². The minimum Gasteiger partial charge on any atom is -0.327 e. The summed E-state index contributed by atoms with van der Waals surface area (Å²) in [6, 6.07) is 16.4. The minimum absolute atomic E-state index is 0.334. The molecule has 2 aromatic carbocycles. The van der Waals surface area contributed by atoms with Gasteiger partial charge in [0.25, 0.3) is 0 Å². The monoisotopic (exact) mass is 411 g/mol. The first kappa shape index (κ1) is 20.1. The predicted molar refractivity (Wildman–Crippen MR) is 117 cm³/mol. The lowest BCUT2D eigenvalue weighted by molar-refractivity contribution is 0.185. The second kappa shape index (κ2) is 8.67. The Labute approximate surface area is 173 Å². The molecular weight excluding hydrogens is 382 g/mol. The molecule has 1 fully saturated rings. The highest BCUT2D eigenvalue weighted by molar-refractivity contribution is 7.90. The second-order valence-electron chi connectivity index (χ2n) is 8.09. The first-order chi connectivity index (χ1) is 14.0. The standard InChI is InChI=1S/C23H29N3O2S/c1-29(27,28)21-10-11-23-22(17-21)24-18-26(23)20-12-15-25(16-13-20)14-6-5-9-19-7-3-2-4-8-19/h2-4,7-8,10-11,17-18,20H,5-6,9,12-16H2,1H3. The van der Waals surface area contributed by atoms with Crippen LogP contribution in [0.5, 0.6) is 0 Å². The molecule has 5 nitrogen and oxygen atoms in total. The van der Waals surface area contributed by atoms with Gasteiger partial charge in [-0.15, -0.1) is 0 Å². The second-order valence-corrected chi connectivity index (χ2v) is 10.1. The van der Waals surface area contributed by atoms with E-state index in [9.17, 15) is 8.42 Å². The molecule has 0 spiro atoms. The first-order valence-corrected chi connectivity index (χ1v) is 12.3. The maximum Gasteiger partial charge on any atom is 0.175 e. The van der Waals surface area contributed by atoms with E-state index >= 15 is 0 Å². The van der Waals surface area contributed by atoms with Crippen LogP contribution in [0, 0.1) is 0 Å². The molecule has 0 N–H and O–H groups in total. The van der Waals surface area contributed by atoms with Crippen LogP contribution in [0.2, 0.25) is 0 Å². The lowest BCUT2D eigenvalue weighted by Crippen LogP contribution is -2.35. The van der Waals surface area contributed by atoms with Crippen molar-refractivity contribution in [1.82, 2.24) is 14.5 Å². The Hall–Kier alpha value is -2.18. The van der Waals surface area contributed by atoms with E-state index in [1.165, 1.54) is 31.2 Å². The van der Waals surface area contributed by atoms with Gasteiger partial charge in [-0.3, -0.25) is 0 Å². The molecule has 2 heterocycles. The zero-order valence-corrected chi connectivity index (χ0v) is 17.8. The van der Waals surface area contributed by atoms with Crippen LogP contribution < -0.4 is 0 Å². The van der Waals surface area contributed by atoms with Gasteiger partial charge in [-0.1, -0.05) is 30.3 Å². The molecule has 0 atom stereocenters. The van der Waals surface area contributed by atoms with E-state index in [1.54, 1.807) is 12.1 Å². The molecule has 0 aliphatic carbocycles. The van der Waals surface area contributed by atoms with Gasteiger partial charge < -0.3 is 9.47 Å². The van der Waals surface area contributed by atoms with Crippen LogP contribution in [0.3, 0.4) is 0 Å². The molecular formula is C23H29N3O2S. The van der Waals surface area contributed by atoms with E-state index < -0.39 is 9.84 Å². The summed E-state index contributed by atoms with van der Waals surface area (Å²) in [5.74, 6) is 0. The largest absolute Gasteiger partial charge is 0.327 e. The van der Waals surface area contributed by atoms with Crippen molar-refractivity contribution < 1.29 is 8.42 Å². The number of fused-ring (bicyclic) bond motifs is 1. The summed E-state index contributed by atoms with van der Waals surface area (Å²) >= 11 is 0. The Morgan fingerprint density at radius 3 is 2.52 bits per heavy atom. The van der Waals surface area contributed by atoms with Crippen LogP contribution in [0.4, 0.5) is 0 Å². The zero-order valence-electron chi connectivity index (χ0n) is 17.0. The van der Waals surface area contributed by atoms with Crippen molar-refractivity contribution in [3.8, 4) is 0 Å². The Bertz CT molecular complexity index is 1050. The van der Waals surface area contributed by atoms with Crippen molar-refractivity contribution in [2.24, 2.45) is 0 Å². The zero-order chi connectivity index (χ0) is 20.3. The van der Waals surface area contributed by atoms with E-state index in [0.717, 1.165) is 43.4 Å². The Balaban J connectivity index is 1.29. The number of sulfone groups is 1. The van der Waals surface area contributed by atoms with Gasteiger partial charge in [-0.2, -0.15) is 0 Å². The van der Waals surface area contributed by atoms with Crippen molar-refractivity contribution in [3.63, 3.8) is 0 Å². The number of likely N-dealkylation sites (tertiary alicyclic amines) is 1. The van der Waals surface area contributed by atoms with Crippen molar-refractivity contribution in [2.75, 3.05) is 25.9 Å². The average Bonchev–Trinajstić information content (AvgIpc) is 3.15. The highest BCUT2D eigenvalue weighted by Crippen LogP contribution is 2.28. The number of rotatable bonds is 7. The van der Waals surface area contributed by atoms with E-state index in [0.29, 0.717) is 10.9 Å². The maximum atomic E-state index is 11.8. The molecule has 3 aromatic rings. The highest BCUT2D eigenvalue weighted by Gasteiger charge is 2.22. The Kier molecular flexibility index (Phi) is 6.01. The third-order valence-corrected chi connectivity index (χ3v) is 7.07. The van der Waals surface area contributed by atoms with Crippen molar-refractivity contribution in [3.05, 3.63) is 60.4 Å². The molecule has 29 heavy (non-hydrogen) atoms. The smallest absolute Gasteiger partial charge is 0.175 e. The van der Waals surface area contributed by atoms with Gasteiger partial charge in [0.2, 0.25) is 0 Å². The van der Waals surface area contributed by atoms with Crippen LogP contribution in [0.25, 0.3) is 11.0 Å². The van der Waals surface area contributed by atoms with Gasteiger partial charge in [0.1, 0.15) is 0 Å². The topological polar surface area (TPSA) is 55.2 Å². The number of nitrogens with zero attached hydrogens (tertiary/aromatic N) is 3. The lowest BCUT2D eigenvalue weighted by atomic mass is 10.0. The van der Waals surface area contributed by atoms with E-state index in [4.69, 9.17) is 0 Å². The number of piperidine rings is 1. The quantitative estimate of drug-likeness (QED) is 0.549. The summed E-state index contributed by atoms with van der Waals surface area (Å²) < 4.78 is 25.8. The van der Waals surface area contributed by atoms with Crippen LogP contribution in [-0.4, -0.2) is 48.8 Å². The third-order valence-electron chi connectivity index (χ3n) is 5.96. The molecule has 6 heteroatoms. The number of hydrogen-bond acceptors (Lipinski definition) is 4. The van der Waals surface area contributed by atoms with E-state index in [1.807, 2.05) is 12.4 Å².